The van der Waals surface area contributed by atoms with Crippen molar-refractivity contribution in [3.8, 4) is 0 Å². The summed E-state index contributed by atoms with van der Waals surface area (Å²) in [5.41, 5.74) is 0. The Morgan fingerprint density at radius 3 is 2.50 bits per heavy atom. The van der Waals surface area contributed by atoms with E-state index in [1.54, 1.807) is 13.8 Å². The van der Waals surface area contributed by atoms with E-state index in [0.29, 0.717) is 19.0 Å². The molecule has 3 nitrogen and oxygen atoms in total. The largest absolute Gasteiger partial charge is 0.498 e. The van der Waals surface area contributed by atoms with Crippen LogP contribution < -0.4 is 0 Å². The van der Waals surface area contributed by atoms with Crippen LogP contribution >= 0.6 is 0 Å². The molecule has 0 spiro atoms. The van der Waals surface area contributed by atoms with E-state index < -0.39 is 0 Å². The zero-order valence-corrected chi connectivity index (χ0v) is 7.92. The summed E-state index contributed by atoms with van der Waals surface area (Å²) in [4.78, 5) is 10.8. The van der Waals surface area contributed by atoms with Crippen molar-refractivity contribution in [1.29, 1.82) is 0 Å². The van der Waals surface area contributed by atoms with Gasteiger partial charge in [0.2, 0.25) is 0 Å². The second-order valence-electron chi connectivity index (χ2n) is 2.36. The molecule has 0 aliphatic rings. The molecule has 0 aromatic heterocycles. The van der Waals surface area contributed by atoms with Crippen LogP contribution in [0, 0.1) is 0 Å². The molecular formula is C9H16O3. The van der Waals surface area contributed by atoms with Crippen LogP contribution in [0.3, 0.4) is 0 Å². The minimum atomic E-state index is -0.342. The number of rotatable bonds is 5. The van der Waals surface area contributed by atoms with Crippen molar-refractivity contribution in [1.82, 2.24) is 0 Å². The molecule has 0 atom stereocenters. The Balaban J connectivity index is 3.72. The van der Waals surface area contributed by atoms with Gasteiger partial charge in [-0.05, 0) is 20.3 Å². The first-order valence-corrected chi connectivity index (χ1v) is 4.18. The first-order chi connectivity index (χ1) is 5.70. The van der Waals surface area contributed by atoms with E-state index in [1.165, 1.54) is 6.08 Å². The van der Waals surface area contributed by atoms with E-state index in [4.69, 9.17) is 9.47 Å². The van der Waals surface area contributed by atoms with E-state index in [9.17, 15) is 4.79 Å². The predicted octanol–water partition coefficient (Wildman–Crippen LogP) is 1.88. The Kier molecular flexibility index (Phi) is 6.15. The fourth-order valence-electron chi connectivity index (χ4n) is 0.655. The van der Waals surface area contributed by atoms with Crippen molar-refractivity contribution >= 4 is 5.97 Å². The second-order valence-corrected chi connectivity index (χ2v) is 2.36. The highest BCUT2D eigenvalue weighted by molar-refractivity contribution is 5.82. The highest BCUT2D eigenvalue weighted by atomic mass is 16.5. The minimum Gasteiger partial charge on any atom is -0.498 e. The van der Waals surface area contributed by atoms with E-state index in [1.807, 2.05) is 6.92 Å². The van der Waals surface area contributed by atoms with Crippen molar-refractivity contribution in [3.05, 3.63) is 11.8 Å². The first kappa shape index (κ1) is 11.0. The van der Waals surface area contributed by atoms with Gasteiger partial charge >= 0.3 is 5.97 Å². The number of carbonyl (C=O) groups excluding carboxylic acids is 1. The Hall–Kier alpha value is -0.990. The van der Waals surface area contributed by atoms with Gasteiger partial charge in [-0.25, -0.2) is 4.79 Å². The molecule has 70 valence electrons. The molecule has 0 aromatic rings. The third-order valence-corrected chi connectivity index (χ3v) is 1.14. The van der Waals surface area contributed by atoms with Crippen molar-refractivity contribution in [2.45, 2.75) is 27.2 Å². The average Bonchev–Trinajstić information content (AvgIpc) is 2.01. The highest BCUT2D eigenvalue weighted by Gasteiger charge is 1.97. The summed E-state index contributed by atoms with van der Waals surface area (Å²) in [6.07, 6.45) is 2.30. The average molecular weight is 172 g/mol. The molecule has 12 heavy (non-hydrogen) atoms. The smallest absolute Gasteiger partial charge is 0.334 e. The lowest BCUT2D eigenvalue weighted by molar-refractivity contribution is -0.137. The predicted molar refractivity (Wildman–Crippen MR) is 46.6 cm³/mol. The van der Waals surface area contributed by atoms with E-state index in [0.717, 1.165) is 6.42 Å². The van der Waals surface area contributed by atoms with Gasteiger partial charge in [-0.1, -0.05) is 6.92 Å². The Morgan fingerprint density at radius 2 is 2.00 bits per heavy atom. The summed E-state index contributed by atoms with van der Waals surface area (Å²) in [5, 5.41) is 0. The Morgan fingerprint density at radius 1 is 1.33 bits per heavy atom. The first-order valence-electron chi connectivity index (χ1n) is 4.18. The summed E-state index contributed by atoms with van der Waals surface area (Å²) < 4.78 is 9.87. The number of esters is 1. The Bertz CT molecular complexity index is 161. The van der Waals surface area contributed by atoms with Crippen molar-refractivity contribution in [2.75, 3.05) is 13.2 Å². The summed E-state index contributed by atoms with van der Waals surface area (Å²) in [7, 11) is 0. The van der Waals surface area contributed by atoms with Gasteiger partial charge in [0.05, 0.1) is 19.3 Å². The van der Waals surface area contributed by atoms with Crippen molar-refractivity contribution in [3.63, 3.8) is 0 Å². The van der Waals surface area contributed by atoms with Crippen molar-refractivity contribution in [2.24, 2.45) is 0 Å². The molecule has 0 aliphatic heterocycles. The van der Waals surface area contributed by atoms with Crippen LogP contribution in [0.2, 0.25) is 0 Å². The van der Waals surface area contributed by atoms with Gasteiger partial charge in [0, 0.05) is 0 Å². The summed E-state index contributed by atoms with van der Waals surface area (Å²) in [6.45, 7) is 6.57. The molecule has 0 aromatic carbocycles. The number of allylic oxidation sites excluding steroid dienone is 1. The molecule has 0 aliphatic carbocycles. The van der Waals surface area contributed by atoms with E-state index in [2.05, 4.69) is 0 Å². The third-order valence-electron chi connectivity index (χ3n) is 1.14. The summed E-state index contributed by atoms with van der Waals surface area (Å²) in [5.74, 6) is 0.265. The maximum Gasteiger partial charge on any atom is 0.334 e. The molecule has 0 N–H and O–H groups in total. The minimum absolute atomic E-state index is 0.342. The molecule has 0 heterocycles. The maximum absolute atomic E-state index is 10.8. The molecule has 0 radical (unpaired) electrons. The van der Waals surface area contributed by atoms with Crippen LogP contribution in [0.25, 0.3) is 0 Å². The van der Waals surface area contributed by atoms with Crippen LogP contribution in [0.5, 0.6) is 0 Å². The van der Waals surface area contributed by atoms with Gasteiger partial charge in [-0.15, -0.1) is 0 Å². The SMILES string of the molecule is CCCOC(C)=CC(=O)OCC. The Labute approximate surface area is 73.4 Å². The number of hydrogen-bond acceptors (Lipinski definition) is 3. The van der Waals surface area contributed by atoms with Gasteiger partial charge in [-0.2, -0.15) is 0 Å². The monoisotopic (exact) mass is 172 g/mol. The molecule has 0 fully saturated rings. The molecule has 3 heteroatoms. The lowest BCUT2D eigenvalue weighted by atomic mass is 10.4. The number of hydrogen-bond donors (Lipinski definition) is 0. The third kappa shape index (κ3) is 5.77. The lowest BCUT2D eigenvalue weighted by Crippen LogP contribution is -2.01. The van der Waals surface area contributed by atoms with Gasteiger partial charge in [0.15, 0.2) is 0 Å². The topological polar surface area (TPSA) is 35.5 Å². The molecule has 0 bridgehead atoms. The zero-order valence-electron chi connectivity index (χ0n) is 7.92. The highest BCUT2D eigenvalue weighted by Crippen LogP contribution is 1.97. The number of carbonyl (C=O) groups is 1. The molecule has 0 rings (SSSR count). The zero-order chi connectivity index (χ0) is 9.40. The fraction of sp³-hybridized carbons (Fsp3) is 0.667. The van der Waals surface area contributed by atoms with Crippen LogP contribution in [-0.4, -0.2) is 19.2 Å². The molecule has 0 unspecified atom stereocenters. The molecule has 0 saturated heterocycles. The summed E-state index contributed by atoms with van der Waals surface area (Å²) in [6, 6.07) is 0. The van der Waals surface area contributed by atoms with Crippen LogP contribution in [-0.2, 0) is 14.3 Å². The van der Waals surface area contributed by atoms with Gasteiger partial charge in [0.1, 0.15) is 5.76 Å². The van der Waals surface area contributed by atoms with E-state index in [-0.39, 0.29) is 5.97 Å². The second kappa shape index (κ2) is 6.70. The van der Waals surface area contributed by atoms with Gasteiger partial charge in [0.25, 0.3) is 0 Å². The van der Waals surface area contributed by atoms with Crippen LogP contribution in [0.4, 0.5) is 0 Å². The standard InChI is InChI=1S/C9H16O3/c1-4-6-12-8(3)7-9(10)11-5-2/h7H,4-6H2,1-3H3. The lowest BCUT2D eigenvalue weighted by Gasteiger charge is -2.03. The normalized spacial score (nSPS) is 11.1. The number of ether oxygens (including phenoxy) is 2. The maximum atomic E-state index is 10.8. The van der Waals surface area contributed by atoms with Gasteiger partial charge in [-0.3, -0.25) is 0 Å². The van der Waals surface area contributed by atoms with E-state index >= 15 is 0 Å². The fourth-order valence-corrected chi connectivity index (χ4v) is 0.655. The quantitative estimate of drug-likeness (QED) is 0.361. The van der Waals surface area contributed by atoms with Crippen LogP contribution in [0.15, 0.2) is 11.8 Å². The van der Waals surface area contributed by atoms with Crippen LogP contribution in [0.1, 0.15) is 27.2 Å². The summed E-state index contributed by atoms with van der Waals surface area (Å²) >= 11 is 0. The molecule has 0 saturated carbocycles. The van der Waals surface area contributed by atoms with Crippen molar-refractivity contribution < 1.29 is 14.3 Å². The molecule has 0 amide bonds. The van der Waals surface area contributed by atoms with Gasteiger partial charge < -0.3 is 9.47 Å². The molecular weight excluding hydrogens is 156 g/mol.